The van der Waals surface area contributed by atoms with Crippen molar-refractivity contribution < 1.29 is 29.2 Å². The second kappa shape index (κ2) is 4.87. The third-order valence-electron chi connectivity index (χ3n) is 4.36. The Balaban J connectivity index is 1.81. The SMILES string of the molecule is COc1cc(O)c2c(c1)O[C@@H]1c3cc(OC)c(O)cc3OC[C@H]21. The first-order valence-corrected chi connectivity index (χ1v) is 7.23. The Morgan fingerprint density at radius 1 is 1.00 bits per heavy atom. The van der Waals surface area contributed by atoms with E-state index in [1.807, 2.05) is 0 Å². The van der Waals surface area contributed by atoms with Crippen LogP contribution < -0.4 is 18.9 Å². The lowest BCUT2D eigenvalue weighted by atomic mass is 9.88. The van der Waals surface area contributed by atoms with Gasteiger partial charge in [0, 0.05) is 29.3 Å². The molecule has 0 spiro atoms. The van der Waals surface area contributed by atoms with E-state index >= 15 is 0 Å². The minimum absolute atomic E-state index is 0.0183. The zero-order chi connectivity index (χ0) is 16.1. The predicted molar refractivity (Wildman–Crippen MR) is 80.9 cm³/mol. The van der Waals surface area contributed by atoms with Gasteiger partial charge in [0.15, 0.2) is 11.5 Å². The number of benzene rings is 2. The van der Waals surface area contributed by atoms with Crippen LogP contribution in [0.25, 0.3) is 0 Å². The molecule has 2 aromatic carbocycles. The number of hydrogen-bond acceptors (Lipinski definition) is 6. The highest BCUT2D eigenvalue weighted by molar-refractivity contribution is 5.59. The summed E-state index contributed by atoms with van der Waals surface area (Å²) in [6.45, 7) is 0.357. The van der Waals surface area contributed by atoms with Crippen LogP contribution in [0.2, 0.25) is 0 Å². The fraction of sp³-hybridized carbons (Fsp3) is 0.294. The van der Waals surface area contributed by atoms with Crippen LogP contribution in [0, 0.1) is 0 Å². The van der Waals surface area contributed by atoms with E-state index in [2.05, 4.69) is 0 Å². The molecule has 2 aliphatic rings. The number of phenols is 2. The van der Waals surface area contributed by atoms with Crippen molar-refractivity contribution in [1.82, 2.24) is 0 Å². The van der Waals surface area contributed by atoms with Crippen molar-refractivity contribution in [1.29, 1.82) is 0 Å². The molecular formula is C17H16O6. The van der Waals surface area contributed by atoms with Crippen LogP contribution in [0.5, 0.6) is 34.5 Å². The molecule has 2 aliphatic heterocycles. The van der Waals surface area contributed by atoms with Gasteiger partial charge in [0.05, 0.1) is 26.7 Å². The molecule has 0 radical (unpaired) electrons. The van der Waals surface area contributed by atoms with Crippen molar-refractivity contribution in [2.24, 2.45) is 0 Å². The van der Waals surface area contributed by atoms with Gasteiger partial charge in [-0.1, -0.05) is 0 Å². The molecule has 0 aromatic heterocycles. The summed E-state index contributed by atoms with van der Waals surface area (Å²) >= 11 is 0. The summed E-state index contributed by atoms with van der Waals surface area (Å²) in [5, 5.41) is 20.2. The van der Waals surface area contributed by atoms with Gasteiger partial charge in [0.1, 0.15) is 29.1 Å². The number of aromatic hydroxyl groups is 2. The molecule has 120 valence electrons. The van der Waals surface area contributed by atoms with Crippen LogP contribution in [0.4, 0.5) is 0 Å². The van der Waals surface area contributed by atoms with Crippen molar-refractivity contribution in [3.05, 3.63) is 35.4 Å². The minimum atomic E-state index is -0.304. The smallest absolute Gasteiger partial charge is 0.161 e. The molecule has 2 N–H and O–H groups in total. The fourth-order valence-corrected chi connectivity index (χ4v) is 3.25. The molecule has 2 heterocycles. The maximum Gasteiger partial charge on any atom is 0.161 e. The fourth-order valence-electron chi connectivity index (χ4n) is 3.25. The highest BCUT2D eigenvalue weighted by atomic mass is 16.5. The summed E-state index contributed by atoms with van der Waals surface area (Å²) in [7, 11) is 3.03. The standard InChI is InChI=1S/C17H16O6/c1-20-8-3-12(19)16-10-7-22-13-6-11(18)14(21-2)5-9(13)17(10)23-15(16)4-8/h3-6,10,17-19H,7H2,1-2H3/t10-,17-/m1/s1. The van der Waals surface area contributed by atoms with Crippen LogP contribution in [-0.4, -0.2) is 31.0 Å². The van der Waals surface area contributed by atoms with Gasteiger partial charge in [-0.05, 0) is 6.07 Å². The second-order valence-electron chi connectivity index (χ2n) is 5.58. The van der Waals surface area contributed by atoms with E-state index in [4.69, 9.17) is 18.9 Å². The van der Waals surface area contributed by atoms with E-state index in [0.717, 1.165) is 5.56 Å². The first kappa shape index (κ1) is 13.9. The quantitative estimate of drug-likeness (QED) is 0.887. The Labute approximate surface area is 132 Å². The molecule has 0 unspecified atom stereocenters. The van der Waals surface area contributed by atoms with Gasteiger partial charge in [-0.25, -0.2) is 0 Å². The number of fused-ring (bicyclic) bond motifs is 5. The Hall–Kier alpha value is -2.76. The molecule has 6 heteroatoms. The van der Waals surface area contributed by atoms with E-state index in [0.29, 0.717) is 35.2 Å². The average Bonchev–Trinajstić information content (AvgIpc) is 2.93. The third-order valence-corrected chi connectivity index (χ3v) is 4.36. The summed E-state index contributed by atoms with van der Waals surface area (Å²) in [5.74, 6) is 2.05. The Morgan fingerprint density at radius 2 is 1.83 bits per heavy atom. The lowest BCUT2D eigenvalue weighted by molar-refractivity contribution is 0.138. The molecule has 6 nitrogen and oxygen atoms in total. The lowest BCUT2D eigenvalue weighted by Crippen LogP contribution is -2.23. The highest BCUT2D eigenvalue weighted by Gasteiger charge is 2.43. The number of methoxy groups -OCH3 is 2. The predicted octanol–water partition coefficient (Wildman–Crippen LogP) is 2.72. The van der Waals surface area contributed by atoms with Crippen LogP contribution in [-0.2, 0) is 0 Å². The van der Waals surface area contributed by atoms with Crippen molar-refractivity contribution in [2.75, 3.05) is 20.8 Å². The lowest BCUT2D eigenvalue weighted by Gasteiger charge is -2.28. The number of phenolic OH excluding ortho intramolecular Hbond substituents is 2. The van der Waals surface area contributed by atoms with E-state index in [1.165, 1.54) is 20.3 Å². The normalized spacial score (nSPS) is 20.6. The first-order chi connectivity index (χ1) is 11.1. The zero-order valence-electron chi connectivity index (χ0n) is 12.7. The molecule has 2 aromatic rings. The summed E-state index contributed by atoms with van der Waals surface area (Å²) < 4.78 is 22.1. The Bertz CT molecular complexity index is 785. The van der Waals surface area contributed by atoms with Crippen LogP contribution >= 0.6 is 0 Å². The van der Waals surface area contributed by atoms with Crippen molar-refractivity contribution in [3.8, 4) is 34.5 Å². The maximum absolute atomic E-state index is 10.3. The molecule has 4 rings (SSSR count). The topological polar surface area (TPSA) is 77.4 Å². The number of rotatable bonds is 2. The molecule has 23 heavy (non-hydrogen) atoms. The second-order valence-corrected chi connectivity index (χ2v) is 5.58. The van der Waals surface area contributed by atoms with Crippen molar-refractivity contribution in [3.63, 3.8) is 0 Å². The highest BCUT2D eigenvalue weighted by Crippen LogP contribution is 2.55. The van der Waals surface area contributed by atoms with Crippen LogP contribution in [0.15, 0.2) is 24.3 Å². The molecule has 0 amide bonds. The average molecular weight is 316 g/mol. The molecule has 0 saturated carbocycles. The number of ether oxygens (including phenoxy) is 4. The van der Waals surface area contributed by atoms with Gasteiger partial charge in [-0.2, -0.15) is 0 Å². The van der Waals surface area contributed by atoms with Gasteiger partial charge < -0.3 is 29.2 Å². The van der Waals surface area contributed by atoms with E-state index in [-0.39, 0.29) is 23.5 Å². The molecule has 0 bridgehead atoms. The minimum Gasteiger partial charge on any atom is -0.507 e. The van der Waals surface area contributed by atoms with Gasteiger partial charge >= 0.3 is 0 Å². The van der Waals surface area contributed by atoms with Gasteiger partial charge in [-0.3, -0.25) is 0 Å². The van der Waals surface area contributed by atoms with Gasteiger partial charge in [0.25, 0.3) is 0 Å². The summed E-state index contributed by atoms with van der Waals surface area (Å²) in [4.78, 5) is 0. The van der Waals surface area contributed by atoms with E-state index in [9.17, 15) is 10.2 Å². The maximum atomic E-state index is 10.3. The molecular weight excluding hydrogens is 300 g/mol. The van der Waals surface area contributed by atoms with Crippen molar-refractivity contribution >= 4 is 0 Å². The summed E-state index contributed by atoms with van der Waals surface area (Å²) in [6, 6.07) is 6.56. The van der Waals surface area contributed by atoms with Gasteiger partial charge in [-0.15, -0.1) is 0 Å². The van der Waals surface area contributed by atoms with Crippen LogP contribution in [0.1, 0.15) is 23.1 Å². The molecule has 0 fully saturated rings. The first-order valence-electron chi connectivity index (χ1n) is 7.23. The summed E-state index contributed by atoms with van der Waals surface area (Å²) in [5.41, 5.74) is 1.50. The summed E-state index contributed by atoms with van der Waals surface area (Å²) in [6.07, 6.45) is -0.304. The van der Waals surface area contributed by atoms with E-state index < -0.39 is 0 Å². The zero-order valence-corrected chi connectivity index (χ0v) is 12.7. The Kier molecular flexibility index (Phi) is 2.94. The number of hydrogen-bond donors (Lipinski definition) is 2. The largest absolute Gasteiger partial charge is 0.507 e. The van der Waals surface area contributed by atoms with Gasteiger partial charge in [0.2, 0.25) is 0 Å². The molecule has 2 atom stereocenters. The molecule has 0 aliphatic carbocycles. The monoisotopic (exact) mass is 316 g/mol. The van der Waals surface area contributed by atoms with E-state index in [1.54, 1.807) is 18.2 Å². The van der Waals surface area contributed by atoms with Crippen LogP contribution in [0.3, 0.4) is 0 Å². The molecule has 0 saturated heterocycles. The third kappa shape index (κ3) is 1.94. The van der Waals surface area contributed by atoms with Crippen molar-refractivity contribution in [2.45, 2.75) is 12.0 Å². The Morgan fingerprint density at radius 3 is 2.57 bits per heavy atom.